The number of benzene rings is 1. The largest absolute Gasteiger partial charge is 0.318 e. The monoisotopic (exact) mass is 304 g/mol. The van der Waals surface area contributed by atoms with Crippen LogP contribution in [0.1, 0.15) is 38.3 Å². The van der Waals surface area contributed by atoms with Gasteiger partial charge < -0.3 is 5.73 Å². The van der Waals surface area contributed by atoms with Crippen LogP contribution in [-0.4, -0.2) is 21.6 Å². The Morgan fingerprint density at radius 3 is 2.33 bits per heavy atom. The topological polar surface area (TPSA) is 80.9 Å². The molecule has 112 valence electrons. The van der Waals surface area contributed by atoms with E-state index in [0.717, 1.165) is 10.6 Å². The Kier molecular flexibility index (Phi) is 4.11. The average Bonchev–Trinajstić information content (AvgIpc) is 2.88. The minimum absolute atomic E-state index is 0.264. The first kappa shape index (κ1) is 15.6. The van der Waals surface area contributed by atoms with Crippen LogP contribution in [0.4, 0.5) is 5.13 Å². The minimum atomic E-state index is -0.944. The van der Waals surface area contributed by atoms with Crippen molar-refractivity contribution in [2.24, 2.45) is 5.73 Å². The van der Waals surface area contributed by atoms with Gasteiger partial charge >= 0.3 is 0 Å². The van der Waals surface area contributed by atoms with Crippen LogP contribution in [0.15, 0.2) is 30.3 Å². The van der Waals surface area contributed by atoms with Gasteiger partial charge in [0.2, 0.25) is 11.0 Å². The summed E-state index contributed by atoms with van der Waals surface area (Å²) in [5.41, 5.74) is 5.70. The normalized spacial score (nSPS) is 12.2. The van der Waals surface area contributed by atoms with Crippen molar-refractivity contribution in [3.05, 3.63) is 40.9 Å². The molecule has 3 N–H and O–H groups in total. The molecule has 0 unspecified atom stereocenters. The number of rotatable bonds is 4. The van der Waals surface area contributed by atoms with Gasteiger partial charge in [0.15, 0.2) is 0 Å². The second kappa shape index (κ2) is 5.54. The number of amides is 1. The fourth-order valence-corrected chi connectivity index (χ4v) is 2.63. The van der Waals surface area contributed by atoms with Crippen LogP contribution >= 0.6 is 11.3 Å². The second-order valence-electron chi connectivity index (χ2n) is 6.08. The molecule has 0 bridgehead atoms. The van der Waals surface area contributed by atoms with E-state index in [1.807, 2.05) is 18.2 Å². The molecule has 6 heteroatoms. The molecule has 0 aliphatic rings. The maximum Gasteiger partial charge on any atom is 0.245 e. The number of aromatic nitrogens is 2. The Morgan fingerprint density at radius 1 is 1.14 bits per heavy atom. The van der Waals surface area contributed by atoms with E-state index < -0.39 is 5.54 Å². The standard InChI is InChI=1S/C15H20N4OS/c1-14(2,10-8-6-5-7-9-10)12-18-19-13(21-12)17-11(20)15(3,4)16/h5-9H,16H2,1-4H3,(H,17,19,20). The molecule has 1 heterocycles. The molecule has 0 spiro atoms. The van der Waals surface area contributed by atoms with Crippen molar-refractivity contribution in [2.45, 2.75) is 38.6 Å². The molecule has 0 saturated carbocycles. The van der Waals surface area contributed by atoms with Crippen molar-refractivity contribution in [3.8, 4) is 0 Å². The third-order valence-corrected chi connectivity index (χ3v) is 4.42. The highest BCUT2D eigenvalue weighted by molar-refractivity contribution is 7.15. The lowest BCUT2D eigenvalue weighted by molar-refractivity contribution is -0.120. The van der Waals surface area contributed by atoms with Gasteiger partial charge in [-0.25, -0.2) is 0 Å². The van der Waals surface area contributed by atoms with E-state index in [-0.39, 0.29) is 11.3 Å². The second-order valence-corrected chi connectivity index (χ2v) is 7.06. The van der Waals surface area contributed by atoms with Gasteiger partial charge in [-0.15, -0.1) is 10.2 Å². The van der Waals surface area contributed by atoms with Gasteiger partial charge in [-0.2, -0.15) is 0 Å². The van der Waals surface area contributed by atoms with Gasteiger partial charge in [0, 0.05) is 5.41 Å². The summed E-state index contributed by atoms with van der Waals surface area (Å²) in [5.74, 6) is -0.275. The Labute approximate surface area is 128 Å². The molecular formula is C15H20N4OS. The van der Waals surface area contributed by atoms with Crippen LogP contribution in [0.25, 0.3) is 0 Å². The summed E-state index contributed by atoms with van der Waals surface area (Å²) in [6.45, 7) is 7.47. The Bertz CT molecular complexity index is 629. The van der Waals surface area contributed by atoms with Crippen LogP contribution in [0.2, 0.25) is 0 Å². The van der Waals surface area contributed by atoms with Gasteiger partial charge in [0.05, 0.1) is 5.54 Å². The smallest absolute Gasteiger partial charge is 0.245 e. The average molecular weight is 304 g/mol. The van der Waals surface area contributed by atoms with Crippen molar-refractivity contribution in [1.29, 1.82) is 0 Å². The van der Waals surface area contributed by atoms with Crippen LogP contribution in [0.3, 0.4) is 0 Å². The predicted octanol–water partition coefficient (Wildman–Crippen LogP) is 2.54. The van der Waals surface area contributed by atoms with E-state index in [0.29, 0.717) is 5.13 Å². The SMILES string of the molecule is CC(C)(N)C(=O)Nc1nnc(C(C)(C)c2ccccc2)s1. The molecule has 0 fully saturated rings. The third-order valence-electron chi connectivity index (χ3n) is 3.26. The van der Waals surface area contributed by atoms with E-state index in [1.54, 1.807) is 13.8 Å². The van der Waals surface area contributed by atoms with E-state index in [1.165, 1.54) is 11.3 Å². The minimum Gasteiger partial charge on any atom is -0.318 e. The van der Waals surface area contributed by atoms with Gasteiger partial charge in [-0.05, 0) is 33.3 Å². The Hall–Kier alpha value is -1.79. The molecule has 1 amide bonds. The molecule has 0 atom stereocenters. The molecule has 21 heavy (non-hydrogen) atoms. The van der Waals surface area contributed by atoms with Crippen molar-refractivity contribution < 1.29 is 4.79 Å². The Morgan fingerprint density at radius 2 is 1.76 bits per heavy atom. The zero-order valence-corrected chi connectivity index (χ0v) is 13.5. The first-order valence-corrected chi connectivity index (χ1v) is 7.53. The summed E-state index contributed by atoms with van der Waals surface area (Å²) in [4.78, 5) is 11.9. The van der Waals surface area contributed by atoms with Crippen LogP contribution < -0.4 is 11.1 Å². The molecule has 0 aliphatic carbocycles. The number of hydrogen-bond donors (Lipinski definition) is 2. The maximum absolute atomic E-state index is 11.9. The highest BCUT2D eigenvalue weighted by Gasteiger charge is 2.29. The van der Waals surface area contributed by atoms with Crippen LogP contribution in [0, 0.1) is 0 Å². The summed E-state index contributed by atoms with van der Waals surface area (Å²) in [6.07, 6.45) is 0. The van der Waals surface area contributed by atoms with Crippen LogP contribution in [0.5, 0.6) is 0 Å². The van der Waals surface area contributed by atoms with Gasteiger partial charge in [0.1, 0.15) is 5.01 Å². The molecule has 2 rings (SSSR count). The highest BCUT2D eigenvalue weighted by atomic mass is 32.1. The van der Waals surface area contributed by atoms with E-state index in [9.17, 15) is 4.79 Å². The number of nitrogens with zero attached hydrogens (tertiary/aromatic N) is 2. The summed E-state index contributed by atoms with van der Waals surface area (Å²) in [6, 6.07) is 10.1. The van der Waals surface area contributed by atoms with Gasteiger partial charge in [0.25, 0.3) is 0 Å². The van der Waals surface area contributed by atoms with Gasteiger partial charge in [-0.1, -0.05) is 41.7 Å². The summed E-state index contributed by atoms with van der Waals surface area (Å²) < 4.78 is 0. The maximum atomic E-state index is 11.9. The van der Waals surface area contributed by atoms with Crippen molar-refractivity contribution in [1.82, 2.24) is 10.2 Å². The first-order valence-electron chi connectivity index (χ1n) is 6.71. The lowest BCUT2D eigenvalue weighted by atomic mass is 9.85. The lowest BCUT2D eigenvalue weighted by Crippen LogP contribution is -2.45. The van der Waals surface area contributed by atoms with E-state index >= 15 is 0 Å². The van der Waals surface area contributed by atoms with Gasteiger partial charge in [-0.3, -0.25) is 10.1 Å². The molecule has 0 aliphatic heterocycles. The number of nitrogens with one attached hydrogen (secondary N) is 1. The molecule has 0 radical (unpaired) electrons. The zero-order valence-electron chi connectivity index (χ0n) is 12.7. The molecule has 0 saturated heterocycles. The fourth-order valence-electron chi connectivity index (χ4n) is 1.76. The molecule has 5 nitrogen and oxygen atoms in total. The van der Waals surface area contributed by atoms with E-state index in [2.05, 4.69) is 41.5 Å². The van der Waals surface area contributed by atoms with Crippen LogP contribution in [-0.2, 0) is 10.2 Å². The van der Waals surface area contributed by atoms with Crippen molar-refractivity contribution in [3.63, 3.8) is 0 Å². The molecule has 1 aromatic carbocycles. The molecule has 1 aromatic heterocycles. The highest BCUT2D eigenvalue weighted by Crippen LogP contribution is 2.34. The first-order chi connectivity index (χ1) is 9.71. The van der Waals surface area contributed by atoms with Crippen molar-refractivity contribution >= 4 is 22.4 Å². The summed E-state index contributed by atoms with van der Waals surface area (Å²) in [5, 5.41) is 12.3. The fraction of sp³-hybridized carbons (Fsp3) is 0.400. The number of hydrogen-bond acceptors (Lipinski definition) is 5. The number of anilines is 1. The molecular weight excluding hydrogens is 284 g/mol. The Balaban J connectivity index is 2.22. The quantitative estimate of drug-likeness (QED) is 0.909. The third kappa shape index (κ3) is 3.46. The van der Waals surface area contributed by atoms with E-state index in [4.69, 9.17) is 5.73 Å². The lowest BCUT2D eigenvalue weighted by Gasteiger charge is -2.21. The summed E-state index contributed by atoms with van der Waals surface area (Å²) in [7, 11) is 0. The zero-order chi connectivity index (χ0) is 15.7. The predicted molar refractivity (Wildman–Crippen MR) is 85.4 cm³/mol. The molecule has 2 aromatic rings. The number of nitrogens with two attached hydrogens (primary N) is 1. The summed E-state index contributed by atoms with van der Waals surface area (Å²) >= 11 is 1.37. The number of carbonyl (C=O) groups is 1. The number of carbonyl (C=O) groups excluding carboxylic acids is 1. The van der Waals surface area contributed by atoms with Crippen molar-refractivity contribution in [2.75, 3.05) is 5.32 Å².